The van der Waals surface area contributed by atoms with Crippen LogP contribution in [0.25, 0.3) is 0 Å². The fourth-order valence-electron chi connectivity index (χ4n) is 2.86. The zero-order chi connectivity index (χ0) is 25.2. The first-order valence-electron chi connectivity index (χ1n) is 8.93. The molecule has 4 nitrogen and oxygen atoms in total. The fourth-order valence-corrected chi connectivity index (χ4v) is 2.86. The maximum atomic E-state index is 12.9. The van der Waals surface area contributed by atoms with E-state index in [0.717, 1.165) is 12.1 Å². The lowest BCUT2D eigenvalue weighted by Gasteiger charge is -2.17. The first-order chi connectivity index (χ1) is 15.0. The molecule has 0 spiro atoms. The number of hydrogen-bond acceptors (Lipinski definition) is 2. The third kappa shape index (κ3) is 7.39. The molecule has 0 aliphatic heterocycles. The second-order valence-corrected chi connectivity index (χ2v) is 6.95. The molecule has 0 unspecified atom stereocenters. The minimum atomic E-state index is -5.14. The van der Waals surface area contributed by atoms with Crippen LogP contribution in [0, 0.1) is 0 Å². The van der Waals surface area contributed by atoms with Crippen molar-refractivity contribution in [3.63, 3.8) is 0 Å². The van der Waals surface area contributed by atoms with E-state index in [1.807, 2.05) is 5.32 Å². The molecule has 2 rings (SSSR count). The Morgan fingerprint density at radius 1 is 0.758 bits per heavy atom. The molecule has 0 aliphatic carbocycles. The average Bonchev–Trinajstić information content (AvgIpc) is 2.65. The van der Waals surface area contributed by atoms with Gasteiger partial charge in [-0.1, -0.05) is 18.2 Å². The first-order valence-corrected chi connectivity index (χ1v) is 8.93. The SMILES string of the molecule is O=C(Cc1cc(C(F)(F)F)cc(C(F)(F)F)c1)N[C@@H](Cc1cccc(C(F)(F)F)c1)C(=O)O. The van der Waals surface area contributed by atoms with Gasteiger partial charge < -0.3 is 10.4 Å². The van der Waals surface area contributed by atoms with Crippen LogP contribution in [0.1, 0.15) is 27.8 Å². The van der Waals surface area contributed by atoms with Crippen LogP contribution in [-0.4, -0.2) is 23.0 Å². The molecule has 0 bridgehead atoms. The Kier molecular flexibility index (Phi) is 7.34. The Hall–Kier alpha value is -3.25. The molecule has 2 aromatic rings. The van der Waals surface area contributed by atoms with Crippen molar-refractivity contribution in [3.05, 3.63) is 70.3 Å². The summed E-state index contributed by atoms with van der Waals surface area (Å²) in [5.74, 6) is -2.90. The summed E-state index contributed by atoms with van der Waals surface area (Å²) in [7, 11) is 0. The largest absolute Gasteiger partial charge is 0.480 e. The topological polar surface area (TPSA) is 66.4 Å². The maximum Gasteiger partial charge on any atom is 0.416 e. The third-order valence-corrected chi connectivity index (χ3v) is 4.34. The fraction of sp³-hybridized carbons (Fsp3) is 0.300. The lowest BCUT2D eigenvalue weighted by atomic mass is 10.0. The molecule has 0 saturated carbocycles. The van der Waals surface area contributed by atoms with Gasteiger partial charge in [0, 0.05) is 6.42 Å². The van der Waals surface area contributed by atoms with Gasteiger partial charge in [-0.3, -0.25) is 4.79 Å². The highest BCUT2D eigenvalue weighted by Crippen LogP contribution is 2.36. The zero-order valence-electron chi connectivity index (χ0n) is 16.2. The lowest BCUT2D eigenvalue weighted by Crippen LogP contribution is -2.43. The second-order valence-electron chi connectivity index (χ2n) is 6.95. The summed E-state index contributed by atoms with van der Waals surface area (Å²) in [6.45, 7) is 0. The number of carbonyl (C=O) groups is 2. The minimum absolute atomic E-state index is 0.115. The number of aliphatic carboxylic acids is 1. The van der Waals surface area contributed by atoms with Gasteiger partial charge in [-0.15, -0.1) is 0 Å². The van der Waals surface area contributed by atoms with E-state index in [4.69, 9.17) is 0 Å². The van der Waals surface area contributed by atoms with Crippen molar-refractivity contribution < 1.29 is 54.2 Å². The number of carbonyl (C=O) groups excluding carboxylic acids is 1. The van der Waals surface area contributed by atoms with Crippen LogP contribution in [0.3, 0.4) is 0 Å². The molecule has 2 N–H and O–H groups in total. The minimum Gasteiger partial charge on any atom is -0.480 e. The molecule has 33 heavy (non-hydrogen) atoms. The summed E-state index contributed by atoms with van der Waals surface area (Å²) in [6, 6.07) is 2.30. The van der Waals surface area contributed by atoms with Crippen molar-refractivity contribution >= 4 is 11.9 Å². The Morgan fingerprint density at radius 2 is 1.24 bits per heavy atom. The second kappa shape index (κ2) is 9.32. The van der Waals surface area contributed by atoms with Gasteiger partial charge in [0.1, 0.15) is 6.04 Å². The number of alkyl halides is 9. The van der Waals surface area contributed by atoms with E-state index < -0.39 is 71.5 Å². The van der Waals surface area contributed by atoms with Gasteiger partial charge in [-0.05, 0) is 35.4 Å². The molecule has 1 atom stereocenters. The number of halogens is 9. The number of benzene rings is 2. The van der Waals surface area contributed by atoms with E-state index in [1.165, 1.54) is 6.07 Å². The van der Waals surface area contributed by atoms with Gasteiger partial charge >= 0.3 is 24.5 Å². The molecule has 0 aromatic heterocycles. The van der Waals surface area contributed by atoms with Gasteiger partial charge in [0.15, 0.2) is 0 Å². The van der Waals surface area contributed by atoms with Crippen LogP contribution < -0.4 is 5.32 Å². The van der Waals surface area contributed by atoms with Crippen molar-refractivity contribution in [2.75, 3.05) is 0 Å². The summed E-state index contributed by atoms with van der Waals surface area (Å²) in [6.07, 6.45) is -16.6. The van der Waals surface area contributed by atoms with Crippen molar-refractivity contribution in [2.45, 2.75) is 37.4 Å². The first kappa shape index (κ1) is 26.0. The molecule has 0 aliphatic rings. The molecule has 180 valence electrons. The Labute approximate surface area is 180 Å². The highest BCUT2D eigenvalue weighted by Gasteiger charge is 2.37. The smallest absolute Gasteiger partial charge is 0.416 e. The number of hydrogen-bond donors (Lipinski definition) is 2. The number of amides is 1. The van der Waals surface area contributed by atoms with Crippen molar-refractivity contribution in [3.8, 4) is 0 Å². The van der Waals surface area contributed by atoms with E-state index in [-0.39, 0.29) is 11.6 Å². The van der Waals surface area contributed by atoms with E-state index in [9.17, 15) is 54.2 Å². The van der Waals surface area contributed by atoms with Gasteiger partial charge in [-0.25, -0.2) is 4.79 Å². The number of nitrogens with one attached hydrogen (secondary N) is 1. The molecule has 1 amide bonds. The van der Waals surface area contributed by atoms with Gasteiger partial charge in [0.2, 0.25) is 5.91 Å². The molecule has 2 aromatic carbocycles. The third-order valence-electron chi connectivity index (χ3n) is 4.34. The number of carboxylic acids is 1. The molecular weight excluding hydrogens is 473 g/mol. The zero-order valence-corrected chi connectivity index (χ0v) is 16.2. The Morgan fingerprint density at radius 3 is 1.70 bits per heavy atom. The Balaban J connectivity index is 2.23. The lowest BCUT2D eigenvalue weighted by molar-refractivity contribution is -0.143. The quantitative estimate of drug-likeness (QED) is 0.558. The predicted molar refractivity (Wildman–Crippen MR) is 94.9 cm³/mol. The summed E-state index contributed by atoms with van der Waals surface area (Å²) in [4.78, 5) is 23.6. The maximum absolute atomic E-state index is 12.9. The molecule has 0 heterocycles. The monoisotopic (exact) mass is 487 g/mol. The number of carboxylic acid groups (broad SMARTS) is 1. The van der Waals surface area contributed by atoms with Gasteiger partial charge in [0.25, 0.3) is 0 Å². The van der Waals surface area contributed by atoms with E-state index in [2.05, 4.69) is 0 Å². The standard InChI is InChI=1S/C20H14F9NO3/c21-18(22,23)12-3-1-2-10(4-12)7-15(17(32)33)30-16(31)8-11-5-13(19(24,25)26)9-14(6-11)20(27,28)29/h1-6,9,15H,7-8H2,(H,30,31)(H,32,33)/t15-/m0/s1. The van der Waals surface area contributed by atoms with Crippen LogP contribution in [0.15, 0.2) is 42.5 Å². The van der Waals surface area contributed by atoms with Crippen LogP contribution in [0.4, 0.5) is 39.5 Å². The van der Waals surface area contributed by atoms with Gasteiger partial charge in [0.05, 0.1) is 23.1 Å². The molecular formula is C20H14F9NO3. The van der Waals surface area contributed by atoms with Crippen LogP contribution in [-0.2, 0) is 41.0 Å². The molecule has 0 fully saturated rings. The highest BCUT2D eigenvalue weighted by molar-refractivity contribution is 5.85. The van der Waals surface area contributed by atoms with E-state index >= 15 is 0 Å². The molecule has 0 radical (unpaired) electrons. The van der Waals surface area contributed by atoms with Crippen LogP contribution >= 0.6 is 0 Å². The average molecular weight is 487 g/mol. The van der Waals surface area contributed by atoms with Crippen molar-refractivity contribution in [1.29, 1.82) is 0 Å². The molecule has 13 heteroatoms. The van der Waals surface area contributed by atoms with E-state index in [0.29, 0.717) is 18.2 Å². The summed E-state index contributed by atoms with van der Waals surface area (Å²) < 4.78 is 116. The van der Waals surface area contributed by atoms with Crippen molar-refractivity contribution in [1.82, 2.24) is 5.32 Å². The summed E-state index contributed by atoms with van der Waals surface area (Å²) in [5, 5.41) is 11.2. The van der Waals surface area contributed by atoms with Crippen LogP contribution in [0.5, 0.6) is 0 Å². The summed E-state index contributed by atoms with van der Waals surface area (Å²) >= 11 is 0. The normalized spacial score (nSPS) is 13.5. The summed E-state index contributed by atoms with van der Waals surface area (Å²) in [5.41, 5.74) is -5.18. The Bertz CT molecular complexity index is 994. The predicted octanol–water partition coefficient (Wildman–Crippen LogP) is 5.10. The molecule has 0 saturated heterocycles. The number of rotatable bonds is 6. The van der Waals surface area contributed by atoms with E-state index in [1.54, 1.807) is 0 Å². The van der Waals surface area contributed by atoms with Gasteiger partial charge in [-0.2, -0.15) is 39.5 Å². The van der Waals surface area contributed by atoms with Crippen LogP contribution in [0.2, 0.25) is 0 Å². The highest BCUT2D eigenvalue weighted by atomic mass is 19.4. The van der Waals surface area contributed by atoms with Crippen molar-refractivity contribution in [2.24, 2.45) is 0 Å².